The number of thioether (sulfide) groups is 1. The Hall–Kier alpha value is -0.750. The van der Waals surface area contributed by atoms with Crippen molar-refractivity contribution in [1.29, 1.82) is 0 Å². The van der Waals surface area contributed by atoms with Crippen LogP contribution >= 0.6 is 11.8 Å². The van der Waals surface area contributed by atoms with E-state index in [1.54, 1.807) is 20.8 Å². The lowest BCUT2D eigenvalue weighted by Crippen LogP contribution is -2.47. The fourth-order valence-electron chi connectivity index (χ4n) is 0.835. The van der Waals surface area contributed by atoms with E-state index in [-0.39, 0.29) is 11.7 Å². The minimum atomic E-state index is -1.07. The van der Waals surface area contributed by atoms with Gasteiger partial charge in [-0.05, 0) is 20.8 Å². The van der Waals surface area contributed by atoms with Gasteiger partial charge in [-0.3, -0.25) is 9.59 Å². The zero-order valence-electron chi connectivity index (χ0n) is 9.15. The highest BCUT2D eigenvalue weighted by atomic mass is 32.2. The Labute approximate surface area is 93.4 Å². The van der Waals surface area contributed by atoms with E-state index >= 15 is 0 Å². The van der Waals surface area contributed by atoms with Crippen LogP contribution in [-0.2, 0) is 14.3 Å². The first-order valence-corrected chi connectivity index (χ1v) is 5.57. The van der Waals surface area contributed by atoms with Crippen molar-refractivity contribution in [3.8, 4) is 0 Å². The van der Waals surface area contributed by atoms with Gasteiger partial charge < -0.3 is 15.6 Å². The number of hydrogen-bond donors (Lipinski definition) is 2. The molecule has 0 rings (SSSR count). The molecule has 0 amide bonds. The minimum absolute atomic E-state index is 0.113. The lowest BCUT2D eigenvalue weighted by atomic mass is 10.1. The van der Waals surface area contributed by atoms with E-state index in [1.165, 1.54) is 11.8 Å². The Kier molecular flexibility index (Phi) is 5.67. The summed E-state index contributed by atoms with van der Waals surface area (Å²) in [6, 6.07) is -1.00. The Morgan fingerprint density at radius 2 is 2.07 bits per heavy atom. The lowest BCUT2D eigenvalue weighted by Gasteiger charge is -2.27. The summed E-state index contributed by atoms with van der Waals surface area (Å²) in [6.07, 6.45) is 0. The van der Waals surface area contributed by atoms with Crippen molar-refractivity contribution in [2.75, 3.05) is 12.4 Å². The molecule has 0 bridgehead atoms. The van der Waals surface area contributed by atoms with Crippen LogP contribution in [0.15, 0.2) is 0 Å². The summed E-state index contributed by atoms with van der Waals surface area (Å²) in [7, 11) is 0. The normalized spacial score (nSPS) is 13.3. The molecular formula is C9H17NO4S. The monoisotopic (exact) mass is 235 g/mol. The average molecular weight is 235 g/mol. The maximum atomic E-state index is 11.1. The second-order valence-electron chi connectivity index (χ2n) is 3.51. The zero-order chi connectivity index (χ0) is 12.1. The molecule has 0 saturated carbocycles. The number of rotatable bonds is 6. The van der Waals surface area contributed by atoms with Crippen molar-refractivity contribution in [2.24, 2.45) is 5.73 Å². The topological polar surface area (TPSA) is 89.6 Å². The molecule has 1 atom stereocenters. The molecule has 0 saturated heterocycles. The van der Waals surface area contributed by atoms with Gasteiger partial charge in [-0.15, -0.1) is 11.8 Å². The molecule has 0 fully saturated rings. The molecule has 5 nitrogen and oxygen atoms in total. The van der Waals surface area contributed by atoms with E-state index in [9.17, 15) is 9.59 Å². The van der Waals surface area contributed by atoms with Crippen LogP contribution in [0.4, 0.5) is 0 Å². The summed E-state index contributed by atoms with van der Waals surface area (Å²) in [5.74, 6) is -1.31. The fraction of sp³-hybridized carbons (Fsp3) is 0.778. The molecule has 3 N–H and O–H groups in total. The molecule has 0 radical (unpaired) electrons. The maximum Gasteiger partial charge on any atom is 0.321 e. The van der Waals surface area contributed by atoms with Crippen LogP contribution in [0, 0.1) is 0 Å². The molecule has 0 aromatic carbocycles. The highest BCUT2D eigenvalue weighted by Crippen LogP contribution is 2.27. The first-order chi connectivity index (χ1) is 6.81. The van der Waals surface area contributed by atoms with Gasteiger partial charge in [-0.2, -0.15) is 0 Å². The second-order valence-corrected chi connectivity index (χ2v) is 5.14. The molecule has 0 aliphatic carbocycles. The van der Waals surface area contributed by atoms with E-state index < -0.39 is 16.8 Å². The minimum Gasteiger partial charge on any atom is -0.480 e. The second kappa shape index (κ2) is 5.97. The van der Waals surface area contributed by atoms with Crippen LogP contribution in [0.2, 0.25) is 0 Å². The van der Waals surface area contributed by atoms with Crippen molar-refractivity contribution >= 4 is 23.7 Å². The van der Waals surface area contributed by atoms with E-state index in [2.05, 4.69) is 0 Å². The Morgan fingerprint density at radius 3 is 2.47 bits per heavy atom. The van der Waals surface area contributed by atoms with E-state index in [4.69, 9.17) is 15.6 Å². The van der Waals surface area contributed by atoms with Crippen molar-refractivity contribution in [3.63, 3.8) is 0 Å². The summed E-state index contributed by atoms with van der Waals surface area (Å²) < 4.78 is 4.03. The number of esters is 1. The number of ether oxygens (including phenoxy) is 1. The molecule has 0 aromatic heterocycles. The summed E-state index contributed by atoms with van der Waals surface area (Å²) in [5, 5.41) is 8.73. The Morgan fingerprint density at radius 1 is 1.53 bits per heavy atom. The first kappa shape index (κ1) is 14.2. The molecule has 15 heavy (non-hydrogen) atoms. The predicted molar refractivity (Wildman–Crippen MR) is 58.8 cm³/mol. The summed E-state index contributed by atoms with van der Waals surface area (Å²) in [4.78, 5) is 21.7. The summed E-state index contributed by atoms with van der Waals surface area (Å²) in [6.45, 7) is 5.42. The predicted octanol–water partition coefficient (Wildman–Crippen LogP) is 0.473. The van der Waals surface area contributed by atoms with Crippen LogP contribution in [0.25, 0.3) is 0 Å². The third kappa shape index (κ3) is 5.03. The Balaban J connectivity index is 4.14. The van der Waals surface area contributed by atoms with Crippen molar-refractivity contribution in [3.05, 3.63) is 0 Å². The molecule has 0 heterocycles. The zero-order valence-corrected chi connectivity index (χ0v) is 9.97. The molecule has 6 heteroatoms. The van der Waals surface area contributed by atoms with Crippen LogP contribution in [-0.4, -0.2) is 40.2 Å². The number of hydrogen-bond acceptors (Lipinski definition) is 5. The standard InChI is InChI=1S/C9H17NO4S/c1-4-14-6(11)5-15-9(2,3)7(10)8(12)13/h7H,4-5,10H2,1-3H3,(H,12,13)/t7-/m0/s1. The van der Waals surface area contributed by atoms with E-state index in [1.807, 2.05) is 0 Å². The number of aliphatic carboxylic acids is 1. The quantitative estimate of drug-likeness (QED) is 0.651. The van der Waals surface area contributed by atoms with Crippen LogP contribution < -0.4 is 5.73 Å². The largest absolute Gasteiger partial charge is 0.480 e. The molecule has 0 aromatic rings. The maximum absolute atomic E-state index is 11.1. The fourth-order valence-corrected chi connectivity index (χ4v) is 1.69. The van der Waals surface area contributed by atoms with E-state index in [0.29, 0.717) is 6.61 Å². The van der Waals surface area contributed by atoms with E-state index in [0.717, 1.165) is 0 Å². The van der Waals surface area contributed by atoms with Gasteiger partial charge in [0.25, 0.3) is 0 Å². The van der Waals surface area contributed by atoms with Crippen molar-refractivity contribution < 1.29 is 19.4 Å². The number of carbonyl (C=O) groups is 2. The van der Waals surface area contributed by atoms with Gasteiger partial charge in [0.1, 0.15) is 6.04 Å². The Bertz CT molecular complexity index is 242. The third-order valence-electron chi connectivity index (χ3n) is 1.88. The third-order valence-corrected chi connectivity index (χ3v) is 3.26. The number of carboxylic acids is 1. The number of carbonyl (C=O) groups excluding carboxylic acids is 1. The lowest BCUT2D eigenvalue weighted by molar-refractivity contribution is -0.140. The molecular weight excluding hydrogens is 218 g/mol. The van der Waals surface area contributed by atoms with Crippen LogP contribution in [0.5, 0.6) is 0 Å². The molecule has 88 valence electrons. The first-order valence-electron chi connectivity index (χ1n) is 4.59. The molecule has 0 aliphatic rings. The average Bonchev–Trinajstić information content (AvgIpc) is 2.14. The highest BCUT2D eigenvalue weighted by molar-refractivity contribution is 8.01. The van der Waals surface area contributed by atoms with Crippen LogP contribution in [0.3, 0.4) is 0 Å². The van der Waals surface area contributed by atoms with Gasteiger partial charge in [0, 0.05) is 4.75 Å². The van der Waals surface area contributed by atoms with Crippen LogP contribution in [0.1, 0.15) is 20.8 Å². The van der Waals surface area contributed by atoms with Gasteiger partial charge in [0.2, 0.25) is 0 Å². The smallest absolute Gasteiger partial charge is 0.321 e. The molecule has 0 unspecified atom stereocenters. The van der Waals surface area contributed by atoms with Gasteiger partial charge in [-0.25, -0.2) is 0 Å². The van der Waals surface area contributed by atoms with Gasteiger partial charge in [-0.1, -0.05) is 0 Å². The molecule has 0 aliphatic heterocycles. The number of carboxylic acid groups (broad SMARTS) is 1. The van der Waals surface area contributed by atoms with Crippen molar-refractivity contribution in [2.45, 2.75) is 31.6 Å². The van der Waals surface area contributed by atoms with Gasteiger partial charge in [0.05, 0.1) is 12.4 Å². The molecule has 0 spiro atoms. The van der Waals surface area contributed by atoms with Gasteiger partial charge >= 0.3 is 11.9 Å². The summed E-state index contributed by atoms with van der Waals surface area (Å²) in [5.41, 5.74) is 5.48. The SMILES string of the molecule is CCOC(=O)CSC(C)(C)[C@@H](N)C(=O)O. The highest BCUT2D eigenvalue weighted by Gasteiger charge is 2.33. The summed E-state index contributed by atoms with van der Waals surface area (Å²) >= 11 is 1.18. The number of nitrogens with two attached hydrogens (primary N) is 1. The van der Waals surface area contributed by atoms with Gasteiger partial charge in [0.15, 0.2) is 0 Å². The van der Waals surface area contributed by atoms with Crippen molar-refractivity contribution in [1.82, 2.24) is 0 Å².